The number of ether oxygens (including phenoxy) is 2. The summed E-state index contributed by atoms with van der Waals surface area (Å²) in [7, 11) is -5.05. The fourth-order valence-corrected chi connectivity index (χ4v) is 7.05. The lowest BCUT2D eigenvalue weighted by atomic mass is 9.85. The van der Waals surface area contributed by atoms with Gasteiger partial charge in [-0.2, -0.15) is 0 Å². The number of aliphatic hydroxyl groups is 5. The Balaban J connectivity index is 2.48. The van der Waals surface area contributed by atoms with Crippen LogP contribution in [0, 0.1) is 0 Å². The van der Waals surface area contributed by atoms with Crippen LogP contribution in [-0.2, 0) is 27.9 Å². The molecule has 6 N–H and O–H groups in total. The van der Waals surface area contributed by atoms with Gasteiger partial charge in [-0.15, -0.1) is 0 Å². The first-order valence-corrected chi connectivity index (χ1v) is 24.2. The molecule has 0 amide bonds. The Labute approximate surface area is 372 Å². The largest absolute Gasteiger partial charge is 0.472 e. The van der Waals surface area contributed by atoms with Gasteiger partial charge < -0.3 is 39.9 Å². The molecule has 1 saturated carbocycles. The van der Waals surface area contributed by atoms with Crippen LogP contribution in [0.4, 0.5) is 0 Å². The minimum atomic E-state index is -5.05. The predicted octanol–water partition coefficient (Wildman–Crippen LogP) is 9.30. The Kier molecular flexibility index (Phi) is 35.4. The molecule has 13 heteroatoms. The lowest BCUT2D eigenvalue weighted by Gasteiger charge is -2.41. The predicted molar refractivity (Wildman–Crippen MR) is 248 cm³/mol. The molecule has 0 aromatic heterocycles. The zero-order chi connectivity index (χ0) is 45.5. The van der Waals surface area contributed by atoms with Crippen LogP contribution in [0.5, 0.6) is 0 Å². The molecule has 0 aromatic carbocycles. The van der Waals surface area contributed by atoms with Gasteiger partial charge in [0.15, 0.2) is 0 Å². The van der Waals surface area contributed by atoms with Gasteiger partial charge in [0.25, 0.3) is 0 Å². The number of unbranched alkanes of at least 4 members (excludes halogenated alkanes) is 6. The Bertz CT molecular complexity index is 1430. The highest BCUT2D eigenvalue weighted by Gasteiger charge is 2.51. The van der Waals surface area contributed by atoms with Crippen LogP contribution >= 0.6 is 7.82 Å². The number of carbonyl (C=O) groups excluding carboxylic acids is 1. The molecule has 6 atom stereocenters. The first-order valence-electron chi connectivity index (χ1n) is 22.7. The normalized spacial score (nSPS) is 23.0. The lowest BCUT2D eigenvalue weighted by molar-refractivity contribution is -0.220. The molecule has 1 aliphatic rings. The van der Waals surface area contributed by atoms with E-state index in [1.54, 1.807) is 0 Å². The number of phosphoric acid groups is 1. The first kappa shape index (κ1) is 57.0. The summed E-state index contributed by atoms with van der Waals surface area (Å²) in [5.74, 6) is -0.522. The zero-order valence-electron chi connectivity index (χ0n) is 37.4. The molecule has 0 aliphatic heterocycles. The van der Waals surface area contributed by atoms with Crippen molar-refractivity contribution in [2.45, 2.75) is 172 Å². The number of allylic oxidation sites excluding steroid dienone is 18. The van der Waals surface area contributed by atoms with Crippen LogP contribution in [-0.4, -0.2) is 98.9 Å². The monoisotopic (exact) mass is 891 g/mol. The molecule has 0 spiro atoms. The molecular weight excluding hydrogens is 812 g/mol. The standard InChI is InChI=1S/C49H79O12P/c1-3-5-7-9-11-13-15-17-19-21-23-25-27-29-31-33-35-37-39-58-40-42(41-59-62(56,57)61-49-47(54)45(52)44(51)46(53)48(49)55)60-43(50)38-36-34-32-30-28-26-24-22-20-18-16-14-12-10-8-6-4-2/h5-8,11-14,17-20,23-26,29,31,42,44-49,51-55H,3-4,9-10,15-16,21-22,27-28,30,32-41H2,1-2H3,(H,56,57)/b7-5-,8-6-,13-11-,14-12-,19-17-,20-18-,25-23-,26-24-,31-29-. The number of rotatable bonds is 36. The topological polar surface area (TPSA) is 192 Å². The van der Waals surface area contributed by atoms with Gasteiger partial charge in [-0.1, -0.05) is 136 Å². The highest BCUT2D eigenvalue weighted by atomic mass is 31.2. The number of esters is 1. The van der Waals surface area contributed by atoms with Gasteiger partial charge in [0.1, 0.15) is 42.7 Å². The van der Waals surface area contributed by atoms with Crippen LogP contribution < -0.4 is 0 Å². The molecule has 0 heterocycles. The van der Waals surface area contributed by atoms with E-state index in [2.05, 4.69) is 123 Å². The third kappa shape index (κ3) is 30.1. The van der Waals surface area contributed by atoms with Crippen LogP contribution in [0.15, 0.2) is 109 Å². The summed E-state index contributed by atoms with van der Waals surface area (Å²) >= 11 is 0. The Morgan fingerprint density at radius 1 is 0.516 bits per heavy atom. The number of hydrogen-bond donors (Lipinski definition) is 6. The Morgan fingerprint density at radius 3 is 1.35 bits per heavy atom. The van der Waals surface area contributed by atoms with Crippen molar-refractivity contribution >= 4 is 13.8 Å². The van der Waals surface area contributed by atoms with Gasteiger partial charge >= 0.3 is 13.8 Å². The smallest absolute Gasteiger partial charge is 0.457 e. The fraction of sp³-hybridized carbons (Fsp3) is 0.612. The minimum Gasteiger partial charge on any atom is -0.457 e. The maximum absolute atomic E-state index is 12.8. The molecule has 0 radical (unpaired) electrons. The van der Waals surface area contributed by atoms with Crippen molar-refractivity contribution in [3.63, 3.8) is 0 Å². The molecule has 0 saturated heterocycles. The van der Waals surface area contributed by atoms with E-state index in [1.165, 1.54) is 0 Å². The van der Waals surface area contributed by atoms with Crippen molar-refractivity contribution in [3.8, 4) is 0 Å². The van der Waals surface area contributed by atoms with E-state index >= 15 is 0 Å². The maximum Gasteiger partial charge on any atom is 0.472 e. The van der Waals surface area contributed by atoms with E-state index in [0.29, 0.717) is 13.0 Å². The summed E-state index contributed by atoms with van der Waals surface area (Å²) in [5.41, 5.74) is 0. The molecule has 352 valence electrons. The molecule has 6 unspecified atom stereocenters. The molecule has 12 nitrogen and oxygen atoms in total. The second-order valence-corrected chi connectivity index (χ2v) is 16.5. The van der Waals surface area contributed by atoms with Crippen LogP contribution in [0.2, 0.25) is 0 Å². The number of aliphatic hydroxyl groups excluding tert-OH is 5. The van der Waals surface area contributed by atoms with Gasteiger partial charge in [0.05, 0.1) is 13.2 Å². The molecule has 0 aromatic rings. The van der Waals surface area contributed by atoms with E-state index in [9.17, 15) is 39.8 Å². The number of carbonyl (C=O) groups is 1. The van der Waals surface area contributed by atoms with E-state index < -0.39 is 63.1 Å². The second kappa shape index (κ2) is 38.5. The molecule has 0 bridgehead atoms. The SMILES string of the molecule is CC/C=C\C/C=C\C/C=C\C/C=C\C/C=C\CCCCOCC(COP(=O)(O)OC1C(O)C(O)C(O)C(O)C1O)OC(=O)CCCCCC/C=C\C/C=C\C/C=C\C/C=C\CC. The van der Waals surface area contributed by atoms with Gasteiger partial charge in [-0.25, -0.2) is 4.57 Å². The Morgan fingerprint density at radius 2 is 0.903 bits per heavy atom. The molecule has 1 aliphatic carbocycles. The first-order chi connectivity index (χ1) is 30.0. The number of phosphoric ester groups is 1. The quantitative estimate of drug-likeness (QED) is 0.0151. The highest BCUT2D eigenvalue weighted by Crippen LogP contribution is 2.47. The average molecular weight is 891 g/mol. The van der Waals surface area contributed by atoms with Gasteiger partial charge in [-0.3, -0.25) is 13.8 Å². The summed E-state index contributed by atoms with van der Waals surface area (Å²) in [5, 5.41) is 50.2. The van der Waals surface area contributed by atoms with E-state index in [-0.39, 0.29) is 13.0 Å². The van der Waals surface area contributed by atoms with Crippen molar-refractivity contribution in [1.29, 1.82) is 0 Å². The van der Waals surface area contributed by atoms with Crippen molar-refractivity contribution in [2.75, 3.05) is 19.8 Å². The fourth-order valence-electron chi connectivity index (χ4n) is 6.08. The maximum atomic E-state index is 12.8. The highest BCUT2D eigenvalue weighted by molar-refractivity contribution is 7.47. The summed E-state index contributed by atoms with van der Waals surface area (Å²) in [6.07, 6.45) is 41.6. The van der Waals surface area contributed by atoms with Gasteiger partial charge in [-0.05, 0) is 96.3 Å². The van der Waals surface area contributed by atoms with Crippen molar-refractivity contribution in [3.05, 3.63) is 109 Å². The van der Waals surface area contributed by atoms with E-state index in [1.807, 2.05) is 0 Å². The summed E-state index contributed by atoms with van der Waals surface area (Å²) < 4.78 is 34.1. The van der Waals surface area contributed by atoms with E-state index in [0.717, 1.165) is 103 Å². The lowest BCUT2D eigenvalue weighted by Crippen LogP contribution is -2.64. The number of hydrogen-bond acceptors (Lipinski definition) is 11. The molecule has 1 fully saturated rings. The van der Waals surface area contributed by atoms with E-state index in [4.69, 9.17) is 18.5 Å². The van der Waals surface area contributed by atoms with Gasteiger partial charge in [0, 0.05) is 13.0 Å². The molecule has 62 heavy (non-hydrogen) atoms. The summed E-state index contributed by atoms with van der Waals surface area (Å²) in [6.45, 7) is 3.87. The molecular formula is C49H79O12P. The summed E-state index contributed by atoms with van der Waals surface area (Å²) in [4.78, 5) is 23.1. The second-order valence-electron chi connectivity index (χ2n) is 15.1. The molecule has 1 rings (SSSR count). The van der Waals surface area contributed by atoms with Crippen molar-refractivity contribution in [1.82, 2.24) is 0 Å². The van der Waals surface area contributed by atoms with Crippen molar-refractivity contribution < 1.29 is 58.3 Å². The van der Waals surface area contributed by atoms with Crippen LogP contribution in [0.25, 0.3) is 0 Å². The van der Waals surface area contributed by atoms with Gasteiger partial charge in [0.2, 0.25) is 0 Å². The van der Waals surface area contributed by atoms with Crippen molar-refractivity contribution in [2.24, 2.45) is 0 Å². The van der Waals surface area contributed by atoms with Crippen LogP contribution in [0.3, 0.4) is 0 Å². The average Bonchev–Trinajstić information content (AvgIpc) is 3.26. The third-order valence-corrected chi connectivity index (χ3v) is 10.6. The summed E-state index contributed by atoms with van der Waals surface area (Å²) in [6, 6.07) is 0. The van der Waals surface area contributed by atoms with Crippen LogP contribution in [0.1, 0.15) is 129 Å². The Hall–Kier alpha value is -3.00. The minimum absolute atomic E-state index is 0.124. The zero-order valence-corrected chi connectivity index (χ0v) is 38.3. The third-order valence-electron chi connectivity index (χ3n) is 9.64.